The second-order valence-electron chi connectivity index (χ2n) is 21.2. The molecule has 0 radical (unpaired) electrons. The molecule has 2 rings (SSSR count). The molecular weight excluding hydrogens is 993 g/mol. The second kappa shape index (κ2) is 40.9. The highest BCUT2D eigenvalue weighted by molar-refractivity contribution is 7.61. The molecular formula is C54H101N3O15P2. The van der Waals surface area contributed by atoms with Crippen molar-refractivity contribution in [3.05, 3.63) is 22.7 Å². The number of unbranched alkanes of at least 4 members (excludes halogenated alkanes) is 27. The van der Waals surface area contributed by atoms with Gasteiger partial charge >= 0.3 is 33.3 Å². The Kier molecular flexibility index (Phi) is 37.5. The van der Waals surface area contributed by atoms with Crippen LogP contribution in [0.3, 0.4) is 0 Å². The number of ether oxygens (including phenoxy) is 3. The van der Waals surface area contributed by atoms with Gasteiger partial charge in [0.1, 0.15) is 30.7 Å². The lowest BCUT2D eigenvalue weighted by Crippen LogP contribution is -2.36. The normalized spacial score (nSPS) is 19.3. The molecule has 4 unspecified atom stereocenters. The summed E-state index contributed by atoms with van der Waals surface area (Å²) in [6.07, 6.45) is 31.8. The number of phosphoric ester groups is 2. The summed E-state index contributed by atoms with van der Waals surface area (Å²) >= 11 is 0. The van der Waals surface area contributed by atoms with Gasteiger partial charge < -0.3 is 39.9 Å². The van der Waals surface area contributed by atoms with Crippen molar-refractivity contribution in [2.24, 2.45) is 11.8 Å². The third-order valence-electron chi connectivity index (χ3n) is 13.9. The molecule has 8 atom stereocenters. The Morgan fingerprint density at radius 3 is 1.54 bits per heavy atom. The Bertz CT molecular complexity index is 1770. The van der Waals surface area contributed by atoms with Gasteiger partial charge in [-0.1, -0.05) is 220 Å². The molecule has 0 saturated carbocycles. The molecule has 74 heavy (non-hydrogen) atoms. The van der Waals surface area contributed by atoms with E-state index in [2.05, 4.69) is 37.0 Å². The maximum atomic E-state index is 12.9. The zero-order chi connectivity index (χ0) is 54.5. The summed E-state index contributed by atoms with van der Waals surface area (Å²) < 4.78 is 57.0. The van der Waals surface area contributed by atoms with Crippen LogP contribution in [0.25, 0.3) is 0 Å². The van der Waals surface area contributed by atoms with Gasteiger partial charge in [0.05, 0.1) is 13.2 Å². The number of aromatic nitrogens is 2. The van der Waals surface area contributed by atoms with Crippen molar-refractivity contribution >= 4 is 33.4 Å². The predicted molar refractivity (Wildman–Crippen MR) is 289 cm³/mol. The van der Waals surface area contributed by atoms with Crippen molar-refractivity contribution in [3.8, 4) is 0 Å². The first-order valence-corrected chi connectivity index (χ1v) is 31.8. The van der Waals surface area contributed by atoms with Gasteiger partial charge in [0.25, 0.3) is 0 Å². The van der Waals surface area contributed by atoms with Crippen LogP contribution in [0.4, 0.5) is 5.82 Å². The number of nitrogen functional groups attached to an aromatic ring is 1. The fourth-order valence-electron chi connectivity index (χ4n) is 9.07. The van der Waals surface area contributed by atoms with Crippen LogP contribution < -0.4 is 11.4 Å². The molecule has 1 fully saturated rings. The van der Waals surface area contributed by atoms with Gasteiger partial charge in [-0.25, -0.2) is 13.9 Å². The Balaban J connectivity index is 1.73. The highest BCUT2D eigenvalue weighted by Gasteiger charge is 2.46. The largest absolute Gasteiger partial charge is 0.481 e. The van der Waals surface area contributed by atoms with Crippen molar-refractivity contribution in [2.45, 2.75) is 277 Å². The number of nitrogens with zero attached hydrogens (tertiary/aromatic N) is 2. The summed E-state index contributed by atoms with van der Waals surface area (Å²) in [7, 11) is -10.8. The summed E-state index contributed by atoms with van der Waals surface area (Å²) in [6.45, 7) is 6.89. The Hall–Kier alpha value is -2.24. The van der Waals surface area contributed by atoms with Crippen LogP contribution in [-0.2, 0) is 46.3 Å². The summed E-state index contributed by atoms with van der Waals surface area (Å²) in [5, 5.41) is 20.9. The average molecular weight is 1090 g/mol. The number of anilines is 1. The van der Waals surface area contributed by atoms with E-state index < -0.39 is 83.7 Å². The molecule has 1 aliphatic rings. The quantitative estimate of drug-likeness (QED) is 0.0231. The van der Waals surface area contributed by atoms with E-state index in [1.165, 1.54) is 154 Å². The molecule has 0 aromatic carbocycles. The summed E-state index contributed by atoms with van der Waals surface area (Å²) in [5.41, 5.74) is 4.60. The molecule has 0 aliphatic carbocycles. The van der Waals surface area contributed by atoms with Crippen LogP contribution >= 0.6 is 15.6 Å². The lowest BCUT2D eigenvalue weighted by molar-refractivity contribution is -0.161. The SMILES string of the molecule is CCC(C)CCCCCCCCCCCCCCCCCCCCC(=O)O[C@H](COC(=O)CCCCCCCCCCCCCC(C)C)COP(=O)(O)OP(=O)(O)OC[C@H]1O[C@@H](n2ccc(N)nc2=O)C(O)[C@H]1O. The molecule has 18 nitrogen and oxygen atoms in total. The van der Waals surface area contributed by atoms with Crippen molar-refractivity contribution in [3.63, 3.8) is 0 Å². The van der Waals surface area contributed by atoms with Crippen LogP contribution in [0.1, 0.15) is 252 Å². The van der Waals surface area contributed by atoms with E-state index in [9.17, 15) is 43.5 Å². The molecule has 0 bridgehead atoms. The van der Waals surface area contributed by atoms with Crippen LogP contribution in [0.5, 0.6) is 0 Å². The van der Waals surface area contributed by atoms with Crippen LogP contribution in [0.15, 0.2) is 17.1 Å². The summed E-state index contributed by atoms with van der Waals surface area (Å²) in [6, 6.07) is 1.25. The first-order chi connectivity index (χ1) is 35.4. The van der Waals surface area contributed by atoms with Gasteiger partial charge in [0.2, 0.25) is 0 Å². The molecule has 432 valence electrons. The minimum absolute atomic E-state index is 0.0578. The lowest BCUT2D eigenvalue weighted by Gasteiger charge is -2.21. The number of carbonyl (C=O) groups excluding carboxylic acids is 2. The van der Waals surface area contributed by atoms with Crippen molar-refractivity contribution in [1.29, 1.82) is 0 Å². The van der Waals surface area contributed by atoms with Crippen LogP contribution in [0, 0.1) is 11.8 Å². The molecule has 0 amide bonds. The maximum absolute atomic E-state index is 12.9. The zero-order valence-corrected chi connectivity index (χ0v) is 47.8. The fourth-order valence-corrected chi connectivity index (χ4v) is 11.2. The molecule has 1 aromatic heterocycles. The topological polar surface area (TPSA) is 265 Å². The van der Waals surface area contributed by atoms with Crippen LogP contribution in [0.2, 0.25) is 0 Å². The van der Waals surface area contributed by atoms with Gasteiger partial charge in [-0.3, -0.25) is 23.2 Å². The molecule has 1 saturated heterocycles. The number of hydrogen-bond acceptors (Lipinski definition) is 15. The molecule has 1 aromatic rings. The van der Waals surface area contributed by atoms with Gasteiger partial charge in [-0.2, -0.15) is 9.29 Å². The van der Waals surface area contributed by atoms with E-state index in [4.69, 9.17) is 29.0 Å². The van der Waals surface area contributed by atoms with Gasteiger partial charge in [-0.15, -0.1) is 0 Å². The Labute approximate surface area is 444 Å². The molecule has 20 heteroatoms. The van der Waals surface area contributed by atoms with E-state index in [1.54, 1.807) is 0 Å². The fraction of sp³-hybridized carbons (Fsp3) is 0.889. The minimum atomic E-state index is -5.42. The highest BCUT2D eigenvalue weighted by Crippen LogP contribution is 2.60. The van der Waals surface area contributed by atoms with E-state index in [0.29, 0.717) is 12.8 Å². The predicted octanol–water partition coefficient (Wildman–Crippen LogP) is 12.7. The molecule has 1 aliphatic heterocycles. The van der Waals surface area contributed by atoms with Gasteiger partial charge in [0.15, 0.2) is 12.3 Å². The van der Waals surface area contributed by atoms with E-state index in [0.717, 1.165) is 67.8 Å². The zero-order valence-electron chi connectivity index (χ0n) is 46.0. The molecule has 2 heterocycles. The van der Waals surface area contributed by atoms with Gasteiger partial charge in [0, 0.05) is 19.0 Å². The maximum Gasteiger partial charge on any atom is 0.481 e. The van der Waals surface area contributed by atoms with E-state index in [-0.39, 0.29) is 18.7 Å². The first-order valence-electron chi connectivity index (χ1n) is 28.8. The number of aliphatic hydroxyl groups excluding tert-OH is 2. The van der Waals surface area contributed by atoms with Crippen molar-refractivity contribution < 1.29 is 66.3 Å². The van der Waals surface area contributed by atoms with Gasteiger partial charge in [-0.05, 0) is 30.7 Å². The number of rotatable bonds is 48. The van der Waals surface area contributed by atoms with E-state index in [1.807, 2.05) is 0 Å². The number of carbonyl (C=O) groups is 2. The number of phosphoric acid groups is 2. The monoisotopic (exact) mass is 1090 g/mol. The summed E-state index contributed by atoms with van der Waals surface area (Å²) in [5.74, 6) is 0.367. The van der Waals surface area contributed by atoms with E-state index >= 15 is 0 Å². The Morgan fingerprint density at radius 1 is 0.649 bits per heavy atom. The Morgan fingerprint density at radius 2 is 1.08 bits per heavy atom. The smallest absolute Gasteiger partial charge is 0.462 e. The molecule has 0 spiro atoms. The first kappa shape index (κ1) is 67.9. The lowest BCUT2D eigenvalue weighted by atomic mass is 9.99. The summed E-state index contributed by atoms with van der Waals surface area (Å²) in [4.78, 5) is 62.1. The van der Waals surface area contributed by atoms with Crippen molar-refractivity contribution in [2.75, 3.05) is 25.6 Å². The number of aliphatic hydroxyl groups is 2. The minimum Gasteiger partial charge on any atom is -0.462 e. The second-order valence-corrected chi connectivity index (χ2v) is 24.3. The average Bonchev–Trinajstić information content (AvgIpc) is 3.63. The van der Waals surface area contributed by atoms with Crippen LogP contribution in [-0.4, -0.2) is 85.7 Å². The number of nitrogens with two attached hydrogens (primary N) is 1. The number of esters is 2. The number of hydrogen-bond donors (Lipinski definition) is 5. The molecule has 6 N–H and O–H groups in total. The third-order valence-corrected chi connectivity index (χ3v) is 16.5. The van der Waals surface area contributed by atoms with Crippen molar-refractivity contribution in [1.82, 2.24) is 9.55 Å². The highest BCUT2D eigenvalue weighted by atomic mass is 31.3. The standard InChI is InChI=1S/C54H101N3O15P2/c1-5-45(4)36-32-28-24-20-16-12-10-8-6-7-9-11-13-17-22-26-30-34-38-50(59)70-46(41-67-49(58)37-33-29-25-21-18-14-15-19-23-27-31-35-44(2)3)42-68-73(63,64)72-74(65,66)69-43-47-51(60)52(61)53(71-47)57-40-39-48(55)56-54(57)62/h39-40,44-47,51-53,60-61H,5-38,41-43H2,1-4H3,(H,63,64)(H,65,66)(H2,55,56,62)/t45?,46-,47-,51+,52?,53-/m1/s1. The third kappa shape index (κ3) is 33.8.